The standard InChI is InChI=1S/C16H26N2O2/c1-2-20-15-5-3-14(4-6-15)13-18-12-9-16(19)7-10-17-11-8-16/h3-6,17-19H,2,7-13H2,1H3. The third-order valence-electron chi connectivity index (χ3n) is 3.86. The van der Waals surface area contributed by atoms with Crippen molar-refractivity contribution in [2.24, 2.45) is 0 Å². The first-order valence-electron chi connectivity index (χ1n) is 7.57. The van der Waals surface area contributed by atoms with E-state index in [2.05, 4.69) is 22.8 Å². The van der Waals surface area contributed by atoms with Crippen molar-refractivity contribution in [2.45, 2.75) is 38.3 Å². The maximum Gasteiger partial charge on any atom is 0.119 e. The molecule has 0 atom stereocenters. The van der Waals surface area contributed by atoms with E-state index in [1.54, 1.807) is 0 Å². The van der Waals surface area contributed by atoms with Gasteiger partial charge >= 0.3 is 0 Å². The zero-order valence-corrected chi connectivity index (χ0v) is 12.3. The predicted octanol–water partition coefficient (Wildman–Crippen LogP) is 1.68. The van der Waals surface area contributed by atoms with Gasteiger partial charge in [0.05, 0.1) is 12.2 Å². The molecule has 0 aliphatic carbocycles. The molecule has 4 nitrogen and oxygen atoms in total. The summed E-state index contributed by atoms with van der Waals surface area (Å²) >= 11 is 0. The highest BCUT2D eigenvalue weighted by molar-refractivity contribution is 5.27. The topological polar surface area (TPSA) is 53.5 Å². The van der Waals surface area contributed by atoms with Crippen molar-refractivity contribution in [3.05, 3.63) is 29.8 Å². The molecule has 0 saturated carbocycles. The minimum atomic E-state index is -0.475. The van der Waals surface area contributed by atoms with Crippen molar-refractivity contribution in [3.63, 3.8) is 0 Å². The van der Waals surface area contributed by atoms with E-state index in [1.165, 1.54) is 5.56 Å². The molecule has 0 unspecified atom stereocenters. The number of aliphatic hydroxyl groups is 1. The Morgan fingerprint density at radius 2 is 1.95 bits per heavy atom. The summed E-state index contributed by atoms with van der Waals surface area (Å²) in [6.45, 7) is 6.22. The molecule has 2 rings (SSSR count). The van der Waals surface area contributed by atoms with Gasteiger partial charge in [-0.3, -0.25) is 0 Å². The quantitative estimate of drug-likeness (QED) is 0.664. The average Bonchev–Trinajstić information content (AvgIpc) is 2.46. The lowest BCUT2D eigenvalue weighted by Crippen LogP contribution is -2.43. The first-order valence-corrected chi connectivity index (χ1v) is 7.57. The number of hydrogen-bond acceptors (Lipinski definition) is 4. The second-order valence-corrected chi connectivity index (χ2v) is 5.48. The monoisotopic (exact) mass is 278 g/mol. The second kappa shape index (κ2) is 7.62. The van der Waals surface area contributed by atoms with Gasteiger partial charge < -0.3 is 20.5 Å². The molecule has 1 saturated heterocycles. The third-order valence-corrected chi connectivity index (χ3v) is 3.86. The molecule has 1 heterocycles. The molecule has 20 heavy (non-hydrogen) atoms. The van der Waals surface area contributed by atoms with Gasteiger partial charge in [-0.25, -0.2) is 0 Å². The van der Waals surface area contributed by atoms with Gasteiger partial charge in [0, 0.05) is 6.54 Å². The summed E-state index contributed by atoms with van der Waals surface area (Å²) in [5, 5.41) is 17.1. The highest BCUT2D eigenvalue weighted by atomic mass is 16.5. The molecule has 0 spiro atoms. The van der Waals surface area contributed by atoms with E-state index < -0.39 is 5.60 Å². The second-order valence-electron chi connectivity index (χ2n) is 5.48. The number of piperidine rings is 1. The molecular formula is C16H26N2O2. The summed E-state index contributed by atoms with van der Waals surface area (Å²) in [6, 6.07) is 8.16. The molecule has 4 heteroatoms. The van der Waals surface area contributed by atoms with E-state index >= 15 is 0 Å². The van der Waals surface area contributed by atoms with Gasteiger partial charge in [0.25, 0.3) is 0 Å². The largest absolute Gasteiger partial charge is 0.494 e. The van der Waals surface area contributed by atoms with Crippen LogP contribution in [0.5, 0.6) is 5.75 Å². The maximum atomic E-state index is 10.4. The van der Waals surface area contributed by atoms with Crippen LogP contribution in [0.2, 0.25) is 0 Å². The molecule has 1 aliphatic heterocycles. The van der Waals surface area contributed by atoms with Crippen LogP contribution in [0.4, 0.5) is 0 Å². The predicted molar refractivity (Wildman–Crippen MR) is 81.0 cm³/mol. The van der Waals surface area contributed by atoms with Crippen LogP contribution < -0.4 is 15.4 Å². The molecule has 0 bridgehead atoms. The third kappa shape index (κ3) is 4.78. The Hall–Kier alpha value is -1.10. The molecule has 0 amide bonds. The first kappa shape index (κ1) is 15.3. The normalized spacial score (nSPS) is 17.9. The number of hydrogen-bond donors (Lipinski definition) is 3. The van der Waals surface area contributed by atoms with Crippen molar-refractivity contribution in [2.75, 3.05) is 26.2 Å². The number of ether oxygens (including phenoxy) is 1. The van der Waals surface area contributed by atoms with Crippen LogP contribution in [-0.2, 0) is 6.54 Å². The van der Waals surface area contributed by atoms with Crippen molar-refractivity contribution < 1.29 is 9.84 Å². The molecule has 3 N–H and O–H groups in total. The van der Waals surface area contributed by atoms with E-state index in [4.69, 9.17) is 4.74 Å². The number of nitrogens with one attached hydrogen (secondary N) is 2. The average molecular weight is 278 g/mol. The van der Waals surface area contributed by atoms with Crippen LogP contribution in [0, 0.1) is 0 Å². The fourth-order valence-electron chi connectivity index (χ4n) is 2.57. The van der Waals surface area contributed by atoms with E-state index in [1.807, 2.05) is 19.1 Å². The molecule has 1 aromatic rings. The minimum Gasteiger partial charge on any atom is -0.494 e. The van der Waals surface area contributed by atoms with Crippen LogP contribution in [0.1, 0.15) is 31.7 Å². The van der Waals surface area contributed by atoms with Crippen LogP contribution in [0.3, 0.4) is 0 Å². The zero-order chi connectivity index (χ0) is 14.3. The highest BCUT2D eigenvalue weighted by Crippen LogP contribution is 2.21. The van der Waals surface area contributed by atoms with Crippen molar-refractivity contribution in [3.8, 4) is 5.75 Å². The lowest BCUT2D eigenvalue weighted by molar-refractivity contribution is 0.00291. The lowest BCUT2D eigenvalue weighted by atomic mass is 9.89. The van der Waals surface area contributed by atoms with Crippen LogP contribution in [0.25, 0.3) is 0 Å². The van der Waals surface area contributed by atoms with Crippen LogP contribution >= 0.6 is 0 Å². The van der Waals surface area contributed by atoms with E-state index in [-0.39, 0.29) is 0 Å². The SMILES string of the molecule is CCOc1ccc(CNCCC2(O)CCNCC2)cc1. The van der Waals surface area contributed by atoms with Gasteiger partial charge in [0.1, 0.15) is 5.75 Å². The summed E-state index contributed by atoms with van der Waals surface area (Å²) in [5.41, 5.74) is 0.766. The van der Waals surface area contributed by atoms with Crippen LogP contribution in [-0.4, -0.2) is 36.9 Å². The Bertz CT molecular complexity index is 386. The molecule has 0 aromatic heterocycles. The van der Waals surface area contributed by atoms with Crippen molar-refractivity contribution in [1.82, 2.24) is 10.6 Å². The van der Waals surface area contributed by atoms with Crippen molar-refractivity contribution >= 4 is 0 Å². The molecule has 1 fully saturated rings. The van der Waals surface area contributed by atoms with Gasteiger partial charge in [-0.1, -0.05) is 12.1 Å². The molecule has 1 aliphatic rings. The number of benzene rings is 1. The van der Waals surface area contributed by atoms with Gasteiger partial charge in [0.2, 0.25) is 0 Å². The van der Waals surface area contributed by atoms with E-state index in [9.17, 15) is 5.11 Å². The van der Waals surface area contributed by atoms with Gasteiger partial charge in [0.15, 0.2) is 0 Å². The number of rotatable bonds is 7. The fourth-order valence-corrected chi connectivity index (χ4v) is 2.57. The Morgan fingerprint density at radius 3 is 2.60 bits per heavy atom. The van der Waals surface area contributed by atoms with Crippen molar-refractivity contribution in [1.29, 1.82) is 0 Å². The Kier molecular flexibility index (Phi) is 5.83. The molecule has 0 radical (unpaired) electrons. The molecular weight excluding hydrogens is 252 g/mol. The smallest absolute Gasteiger partial charge is 0.119 e. The Labute approximate surface area is 121 Å². The zero-order valence-electron chi connectivity index (χ0n) is 12.3. The van der Waals surface area contributed by atoms with Crippen LogP contribution in [0.15, 0.2) is 24.3 Å². The minimum absolute atomic E-state index is 0.475. The maximum absolute atomic E-state index is 10.4. The summed E-state index contributed by atoms with van der Waals surface area (Å²) in [4.78, 5) is 0. The lowest BCUT2D eigenvalue weighted by Gasteiger charge is -2.32. The Morgan fingerprint density at radius 1 is 1.25 bits per heavy atom. The fraction of sp³-hybridized carbons (Fsp3) is 0.625. The van der Waals surface area contributed by atoms with E-state index in [0.717, 1.165) is 51.2 Å². The summed E-state index contributed by atoms with van der Waals surface area (Å²) < 4.78 is 5.42. The summed E-state index contributed by atoms with van der Waals surface area (Å²) in [6.07, 6.45) is 2.54. The van der Waals surface area contributed by atoms with Gasteiger partial charge in [-0.05, 0) is 63.5 Å². The molecule has 112 valence electrons. The summed E-state index contributed by atoms with van der Waals surface area (Å²) in [7, 11) is 0. The summed E-state index contributed by atoms with van der Waals surface area (Å²) in [5.74, 6) is 0.917. The molecule has 1 aromatic carbocycles. The Balaban J connectivity index is 1.67. The highest BCUT2D eigenvalue weighted by Gasteiger charge is 2.27. The van der Waals surface area contributed by atoms with E-state index in [0.29, 0.717) is 6.61 Å². The van der Waals surface area contributed by atoms with Gasteiger partial charge in [-0.2, -0.15) is 0 Å². The first-order chi connectivity index (χ1) is 9.72. The van der Waals surface area contributed by atoms with Gasteiger partial charge in [-0.15, -0.1) is 0 Å².